The van der Waals surface area contributed by atoms with E-state index < -0.39 is 0 Å². The minimum atomic E-state index is 0.355. The number of hydrogen-bond donors (Lipinski definition) is 1. The van der Waals surface area contributed by atoms with E-state index in [-0.39, 0.29) is 0 Å². The Morgan fingerprint density at radius 2 is 2.07 bits per heavy atom. The third kappa shape index (κ3) is 3.11. The van der Waals surface area contributed by atoms with Gasteiger partial charge < -0.3 is 5.32 Å². The first-order valence-electron chi connectivity index (χ1n) is 5.48. The van der Waals surface area contributed by atoms with Gasteiger partial charge in [-0.25, -0.2) is 0 Å². The summed E-state index contributed by atoms with van der Waals surface area (Å²) in [5.41, 5.74) is 2.79. The molecule has 0 bridgehead atoms. The van der Waals surface area contributed by atoms with Gasteiger partial charge in [0.1, 0.15) is 0 Å². The van der Waals surface area contributed by atoms with E-state index in [2.05, 4.69) is 48.3 Å². The van der Waals surface area contributed by atoms with Crippen molar-refractivity contribution in [2.24, 2.45) is 0 Å². The normalized spacial score (nSPS) is 11.7. The van der Waals surface area contributed by atoms with Crippen LogP contribution in [0.2, 0.25) is 0 Å². The molecule has 1 aromatic rings. The number of rotatable bonds is 4. The van der Waals surface area contributed by atoms with Crippen molar-refractivity contribution >= 4 is 0 Å². The van der Waals surface area contributed by atoms with Crippen LogP contribution in [0.25, 0.3) is 0 Å². The Labute approximate surface area is 92.9 Å². The number of benzene rings is 1. The molecule has 0 amide bonds. The van der Waals surface area contributed by atoms with Crippen molar-refractivity contribution in [1.29, 1.82) is 0 Å². The van der Waals surface area contributed by atoms with Crippen molar-refractivity contribution in [3.63, 3.8) is 0 Å². The zero-order valence-electron chi connectivity index (χ0n) is 9.80. The Bertz CT molecular complexity index is 357. The first-order chi connectivity index (χ1) is 7.33. The van der Waals surface area contributed by atoms with Gasteiger partial charge in [0.05, 0.1) is 0 Å². The minimum Gasteiger partial charge on any atom is -0.312 e. The highest BCUT2D eigenvalue weighted by atomic mass is 14.9. The van der Waals surface area contributed by atoms with Crippen molar-refractivity contribution in [3.8, 4) is 11.8 Å². The summed E-state index contributed by atoms with van der Waals surface area (Å²) in [4.78, 5) is 0. The summed E-state index contributed by atoms with van der Waals surface area (Å²) in [5.74, 6) is 6.09. The fourth-order valence-electron chi connectivity index (χ4n) is 1.77. The Morgan fingerprint density at radius 1 is 1.33 bits per heavy atom. The van der Waals surface area contributed by atoms with Crippen molar-refractivity contribution < 1.29 is 0 Å². The molecule has 0 heterocycles. The Kier molecular flexibility index (Phi) is 4.93. The first kappa shape index (κ1) is 11.8. The average Bonchev–Trinajstić information content (AvgIpc) is 2.30. The van der Waals surface area contributed by atoms with E-state index in [0.717, 1.165) is 12.8 Å². The summed E-state index contributed by atoms with van der Waals surface area (Å²) < 4.78 is 0. The summed E-state index contributed by atoms with van der Waals surface area (Å²) >= 11 is 0. The second-order valence-electron chi connectivity index (χ2n) is 3.52. The smallest absolute Gasteiger partial charge is 0.0431 e. The molecule has 0 aliphatic rings. The molecule has 1 unspecified atom stereocenters. The SMILES string of the molecule is CC#CCC(NC)c1ccccc1CC. The van der Waals surface area contributed by atoms with Gasteiger partial charge in [0, 0.05) is 12.5 Å². The molecular weight excluding hydrogens is 182 g/mol. The maximum absolute atomic E-state index is 3.33. The van der Waals surface area contributed by atoms with Crippen molar-refractivity contribution in [3.05, 3.63) is 35.4 Å². The lowest BCUT2D eigenvalue weighted by molar-refractivity contribution is 0.605. The van der Waals surface area contributed by atoms with E-state index in [1.165, 1.54) is 11.1 Å². The van der Waals surface area contributed by atoms with Gasteiger partial charge in [-0.2, -0.15) is 0 Å². The van der Waals surface area contributed by atoms with E-state index in [4.69, 9.17) is 0 Å². The molecule has 1 rings (SSSR count). The van der Waals surface area contributed by atoms with Crippen LogP contribution in [0.1, 0.15) is 37.4 Å². The molecule has 0 spiro atoms. The van der Waals surface area contributed by atoms with Gasteiger partial charge in [0.2, 0.25) is 0 Å². The van der Waals surface area contributed by atoms with Gasteiger partial charge in [-0.1, -0.05) is 31.2 Å². The number of nitrogens with one attached hydrogen (secondary N) is 1. The fraction of sp³-hybridized carbons (Fsp3) is 0.429. The molecule has 1 heteroatoms. The molecule has 1 nitrogen and oxygen atoms in total. The van der Waals surface area contributed by atoms with Crippen LogP contribution in [0.4, 0.5) is 0 Å². The maximum atomic E-state index is 3.33. The molecular formula is C14H19N. The van der Waals surface area contributed by atoms with Gasteiger partial charge in [-0.05, 0) is 31.5 Å². The summed E-state index contributed by atoms with van der Waals surface area (Å²) in [6.45, 7) is 4.08. The van der Waals surface area contributed by atoms with Crippen LogP contribution >= 0.6 is 0 Å². The van der Waals surface area contributed by atoms with Crippen molar-refractivity contribution in [2.75, 3.05) is 7.05 Å². The Balaban J connectivity index is 2.93. The predicted octanol–water partition coefficient (Wildman–Crippen LogP) is 2.92. The summed E-state index contributed by atoms with van der Waals surface area (Å²) in [6.07, 6.45) is 1.96. The van der Waals surface area contributed by atoms with Crippen molar-refractivity contribution in [2.45, 2.75) is 32.7 Å². The van der Waals surface area contributed by atoms with E-state index in [0.29, 0.717) is 6.04 Å². The van der Waals surface area contributed by atoms with Crippen LogP contribution in [0.5, 0.6) is 0 Å². The van der Waals surface area contributed by atoms with Crippen LogP contribution < -0.4 is 5.32 Å². The predicted molar refractivity (Wildman–Crippen MR) is 65.7 cm³/mol. The van der Waals surface area contributed by atoms with Gasteiger partial charge in [-0.15, -0.1) is 11.8 Å². The zero-order valence-corrected chi connectivity index (χ0v) is 9.80. The van der Waals surface area contributed by atoms with Gasteiger partial charge in [-0.3, -0.25) is 0 Å². The molecule has 1 atom stereocenters. The third-order valence-corrected chi connectivity index (χ3v) is 2.64. The van der Waals surface area contributed by atoms with E-state index >= 15 is 0 Å². The molecule has 80 valence electrons. The average molecular weight is 201 g/mol. The van der Waals surface area contributed by atoms with Gasteiger partial charge in [0.25, 0.3) is 0 Å². The summed E-state index contributed by atoms with van der Waals surface area (Å²) in [6, 6.07) is 8.93. The lowest BCUT2D eigenvalue weighted by Crippen LogP contribution is -2.17. The molecule has 0 fully saturated rings. The minimum absolute atomic E-state index is 0.355. The van der Waals surface area contributed by atoms with Crippen molar-refractivity contribution in [1.82, 2.24) is 5.32 Å². The molecule has 0 aliphatic heterocycles. The monoisotopic (exact) mass is 201 g/mol. The second kappa shape index (κ2) is 6.27. The summed E-state index contributed by atoms with van der Waals surface area (Å²) in [5, 5.41) is 3.33. The Hall–Kier alpha value is -1.26. The topological polar surface area (TPSA) is 12.0 Å². The lowest BCUT2D eigenvalue weighted by atomic mass is 9.97. The van der Waals surface area contributed by atoms with E-state index in [1.54, 1.807) is 0 Å². The number of hydrogen-bond acceptors (Lipinski definition) is 1. The highest BCUT2D eigenvalue weighted by molar-refractivity contribution is 5.30. The molecule has 0 saturated heterocycles. The largest absolute Gasteiger partial charge is 0.312 e. The molecule has 1 aromatic carbocycles. The standard InChI is InChI=1S/C14H19N/c1-4-6-11-14(15-3)13-10-8-7-9-12(13)5-2/h7-10,14-15H,5,11H2,1-3H3. The van der Waals surface area contributed by atoms with E-state index in [9.17, 15) is 0 Å². The Morgan fingerprint density at radius 3 is 2.67 bits per heavy atom. The highest BCUT2D eigenvalue weighted by Crippen LogP contribution is 2.20. The van der Waals surface area contributed by atoms with Crippen LogP contribution in [0, 0.1) is 11.8 Å². The second-order valence-corrected chi connectivity index (χ2v) is 3.52. The van der Waals surface area contributed by atoms with E-state index in [1.807, 2.05) is 14.0 Å². The van der Waals surface area contributed by atoms with Gasteiger partial charge in [0.15, 0.2) is 0 Å². The zero-order chi connectivity index (χ0) is 11.1. The van der Waals surface area contributed by atoms with Crippen LogP contribution in [-0.4, -0.2) is 7.05 Å². The first-order valence-corrected chi connectivity index (χ1v) is 5.48. The molecule has 0 aromatic heterocycles. The molecule has 0 aliphatic carbocycles. The summed E-state index contributed by atoms with van der Waals surface area (Å²) in [7, 11) is 1.99. The molecule has 15 heavy (non-hydrogen) atoms. The van der Waals surface area contributed by atoms with Crippen LogP contribution in [0.3, 0.4) is 0 Å². The number of aryl methyl sites for hydroxylation is 1. The van der Waals surface area contributed by atoms with Gasteiger partial charge >= 0.3 is 0 Å². The van der Waals surface area contributed by atoms with Crippen LogP contribution in [0.15, 0.2) is 24.3 Å². The van der Waals surface area contributed by atoms with Crippen LogP contribution in [-0.2, 0) is 6.42 Å². The lowest BCUT2D eigenvalue weighted by Gasteiger charge is -2.17. The molecule has 1 N–H and O–H groups in total. The maximum Gasteiger partial charge on any atom is 0.0431 e. The molecule has 0 saturated carbocycles. The third-order valence-electron chi connectivity index (χ3n) is 2.64. The quantitative estimate of drug-likeness (QED) is 0.739. The fourth-order valence-corrected chi connectivity index (χ4v) is 1.77. The molecule has 0 radical (unpaired) electrons. The highest BCUT2D eigenvalue weighted by Gasteiger charge is 2.10.